The highest BCUT2D eigenvalue weighted by Crippen LogP contribution is 2.75. The normalized spacial score (nSPS) is 57.9. The van der Waals surface area contributed by atoms with E-state index in [0.29, 0.717) is 34.0 Å². The molecule has 29 heavy (non-hydrogen) atoms. The summed E-state index contributed by atoms with van der Waals surface area (Å²) in [5, 5.41) is 23.3. The van der Waals surface area contributed by atoms with Gasteiger partial charge >= 0.3 is 0 Å². The fourth-order valence-electron chi connectivity index (χ4n) is 10.3. The largest absolute Gasteiger partial charge is 0.411 e. The van der Waals surface area contributed by atoms with E-state index in [2.05, 4.69) is 38.9 Å². The van der Waals surface area contributed by atoms with Gasteiger partial charge in [-0.15, -0.1) is 0 Å². The Kier molecular flexibility index (Phi) is 4.28. The molecule has 3 heteroatoms. The monoisotopic (exact) mass is 396 g/mol. The number of fused-ring (bicyclic) bond motifs is 7. The van der Waals surface area contributed by atoms with Gasteiger partial charge in [-0.2, -0.15) is 5.26 Å². The molecule has 5 aliphatic rings. The summed E-state index contributed by atoms with van der Waals surface area (Å²) >= 11 is 0. The van der Waals surface area contributed by atoms with Crippen LogP contribution in [0.2, 0.25) is 0 Å². The molecular formula is C26H40N2O. The summed E-state index contributed by atoms with van der Waals surface area (Å²) in [4.78, 5) is 0. The van der Waals surface area contributed by atoms with Crippen LogP contribution in [0.15, 0.2) is 5.16 Å². The van der Waals surface area contributed by atoms with Crippen LogP contribution >= 0.6 is 0 Å². The Hall–Kier alpha value is -1.04. The first-order valence-corrected chi connectivity index (χ1v) is 12.4. The average Bonchev–Trinajstić information content (AvgIpc) is 3.13. The molecule has 3 nitrogen and oxygen atoms in total. The van der Waals surface area contributed by atoms with Gasteiger partial charge in [-0.25, -0.2) is 0 Å². The molecule has 0 radical (unpaired) electrons. The molecule has 0 aromatic rings. The molecule has 0 aliphatic heterocycles. The lowest BCUT2D eigenvalue weighted by Gasteiger charge is -2.71. The second-order valence-corrected chi connectivity index (χ2v) is 12.4. The van der Waals surface area contributed by atoms with Gasteiger partial charge in [-0.05, 0) is 104 Å². The quantitative estimate of drug-likeness (QED) is 0.361. The molecule has 0 spiro atoms. The first kappa shape index (κ1) is 19.9. The molecule has 5 fully saturated rings. The van der Waals surface area contributed by atoms with E-state index in [9.17, 15) is 10.5 Å². The summed E-state index contributed by atoms with van der Waals surface area (Å²) in [6, 6.07) is 2.85. The van der Waals surface area contributed by atoms with Crippen molar-refractivity contribution in [2.24, 2.45) is 56.4 Å². The van der Waals surface area contributed by atoms with Gasteiger partial charge in [0.25, 0.3) is 0 Å². The van der Waals surface area contributed by atoms with Crippen molar-refractivity contribution in [1.82, 2.24) is 0 Å². The summed E-state index contributed by atoms with van der Waals surface area (Å²) in [6.45, 7) is 10.2. The fourth-order valence-corrected chi connectivity index (χ4v) is 10.3. The van der Waals surface area contributed by atoms with E-state index in [1.165, 1.54) is 51.4 Å². The summed E-state index contributed by atoms with van der Waals surface area (Å²) in [5.74, 6) is 3.24. The van der Waals surface area contributed by atoms with Crippen LogP contribution in [0.4, 0.5) is 0 Å². The third-order valence-electron chi connectivity index (χ3n) is 12.1. The number of nitrogens with zero attached hydrogens (tertiary/aromatic N) is 2. The first-order valence-electron chi connectivity index (χ1n) is 12.4. The Labute approximate surface area is 177 Å². The van der Waals surface area contributed by atoms with Gasteiger partial charge in [-0.3, -0.25) is 0 Å². The second-order valence-electron chi connectivity index (χ2n) is 12.4. The third-order valence-corrected chi connectivity index (χ3v) is 12.1. The van der Waals surface area contributed by atoms with Gasteiger partial charge in [-0.1, -0.05) is 39.3 Å². The van der Waals surface area contributed by atoms with Gasteiger partial charge in [0.1, 0.15) is 0 Å². The molecule has 9 atom stereocenters. The fraction of sp³-hybridized carbons (Fsp3) is 0.923. The molecular weight excluding hydrogens is 356 g/mol. The van der Waals surface area contributed by atoms with E-state index in [1.807, 2.05) is 0 Å². The SMILES string of the molecule is CC1/C(=N/O)CCC2(C)C1CCC1(C)C2CCC2C3CCCC3(C#N)CC[C@]21C. The zero-order valence-corrected chi connectivity index (χ0v) is 19.0. The molecule has 0 amide bonds. The van der Waals surface area contributed by atoms with Crippen molar-refractivity contribution in [2.75, 3.05) is 0 Å². The van der Waals surface area contributed by atoms with Crippen molar-refractivity contribution in [1.29, 1.82) is 5.26 Å². The summed E-state index contributed by atoms with van der Waals surface area (Å²) < 4.78 is 0. The summed E-state index contributed by atoms with van der Waals surface area (Å²) in [6.07, 6.45) is 13.6. The van der Waals surface area contributed by atoms with Crippen molar-refractivity contribution < 1.29 is 5.21 Å². The number of hydrogen-bond donors (Lipinski definition) is 1. The Bertz CT molecular complexity index is 769. The molecule has 8 unspecified atom stereocenters. The van der Waals surface area contributed by atoms with Crippen molar-refractivity contribution in [3.05, 3.63) is 0 Å². The molecule has 0 heterocycles. The lowest BCUT2D eigenvalue weighted by molar-refractivity contribution is -0.215. The number of hydrogen-bond acceptors (Lipinski definition) is 3. The van der Waals surface area contributed by atoms with E-state index in [1.54, 1.807) is 0 Å². The molecule has 0 bridgehead atoms. The van der Waals surface area contributed by atoms with Crippen LogP contribution in [0, 0.1) is 62.6 Å². The maximum Gasteiger partial charge on any atom is 0.0692 e. The Morgan fingerprint density at radius 3 is 2.41 bits per heavy atom. The highest BCUT2D eigenvalue weighted by Gasteiger charge is 2.68. The standard InChI is InChI=1S/C26H40N2O/c1-17-18-9-13-25(4)22(23(18,2)12-10-21(17)28-29)8-7-19-20-6-5-11-26(20,16-27)15-14-24(19,25)3/h17-20,22,29H,5-15H2,1-4H3/b28-21+/t17?,18?,19?,20?,22?,23?,24-,25?,26?/m1/s1. The van der Waals surface area contributed by atoms with Crippen molar-refractivity contribution >= 4 is 5.71 Å². The second kappa shape index (κ2) is 6.24. The smallest absolute Gasteiger partial charge is 0.0692 e. The maximum absolute atomic E-state index is 10.1. The van der Waals surface area contributed by atoms with Crippen LogP contribution in [0.5, 0.6) is 0 Å². The molecule has 5 aliphatic carbocycles. The van der Waals surface area contributed by atoms with E-state index >= 15 is 0 Å². The Morgan fingerprint density at radius 1 is 0.897 bits per heavy atom. The van der Waals surface area contributed by atoms with Crippen LogP contribution < -0.4 is 0 Å². The molecule has 1 N–H and O–H groups in total. The van der Waals surface area contributed by atoms with Gasteiger partial charge in [0, 0.05) is 5.92 Å². The van der Waals surface area contributed by atoms with Gasteiger partial charge in [0.2, 0.25) is 0 Å². The highest BCUT2D eigenvalue weighted by atomic mass is 16.4. The number of nitriles is 1. The predicted molar refractivity (Wildman–Crippen MR) is 115 cm³/mol. The van der Waals surface area contributed by atoms with Crippen LogP contribution in [0.1, 0.15) is 98.3 Å². The zero-order valence-electron chi connectivity index (χ0n) is 19.0. The van der Waals surface area contributed by atoms with Crippen LogP contribution in [0.25, 0.3) is 0 Å². The number of oxime groups is 1. The van der Waals surface area contributed by atoms with Gasteiger partial charge in [0.05, 0.1) is 17.2 Å². The van der Waals surface area contributed by atoms with E-state index in [4.69, 9.17) is 0 Å². The van der Waals surface area contributed by atoms with Crippen LogP contribution in [0.3, 0.4) is 0 Å². The molecule has 5 rings (SSSR count). The molecule has 0 saturated heterocycles. The Morgan fingerprint density at radius 2 is 1.69 bits per heavy atom. The minimum atomic E-state index is 0.000319. The molecule has 0 aromatic carbocycles. The lowest BCUT2D eigenvalue weighted by Crippen LogP contribution is -2.64. The average molecular weight is 397 g/mol. The molecule has 5 saturated carbocycles. The molecule has 160 valence electrons. The highest BCUT2D eigenvalue weighted by molar-refractivity contribution is 5.87. The molecule has 0 aromatic heterocycles. The van der Waals surface area contributed by atoms with Crippen molar-refractivity contribution in [3.8, 4) is 6.07 Å². The minimum absolute atomic E-state index is 0.000319. The Balaban J connectivity index is 1.52. The van der Waals surface area contributed by atoms with Gasteiger partial charge < -0.3 is 5.21 Å². The first-order chi connectivity index (χ1) is 13.8. The third kappa shape index (κ3) is 2.27. The van der Waals surface area contributed by atoms with Crippen molar-refractivity contribution in [2.45, 2.75) is 98.3 Å². The van der Waals surface area contributed by atoms with Crippen molar-refractivity contribution in [3.63, 3.8) is 0 Å². The van der Waals surface area contributed by atoms with Gasteiger partial charge in [0.15, 0.2) is 0 Å². The maximum atomic E-state index is 10.1. The number of rotatable bonds is 0. The summed E-state index contributed by atoms with van der Waals surface area (Å²) in [5.41, 5.74) is 2.18. The predicted octanol–water partition coefficient (Wildman–Crippen LogP) is 6.81. The van der Waals surface area contributed by atoms with E-state index in [-0.39, 0.29) is 5.41 Å². The lowest BCUT2D eigenvalue weighted by atomic mass is 9.33. The minimum Gasteiger partial charge on any atom is -0.411 e. The van der Waals surface area contributed by atoms with Crippen LogP contribution in [-0.2, 0) is 0 Å². The van der Waals surface area contributed by atoms with E-state index in [0.717, 1.165) is 36.8 Å². The topological polar surface area (TPSA) is 56.4 Å². The van der Waals surface area contributed by atoms with Crippen LogP contribution in [-0.4, -0.2) is 10.9 Å². The zero-order chi connectivity index (χ0) is 20.7. The summed E-state index contributed by atoms with van der Waals surface area (Å²) in [7, 11) is 0. The van der Waals surface area contributed by atoms with E-state index < -0.39 is 0 Å².